The van der Waals surface area contributed by atoms with Gasteiger partial charge in [0.05, 0.1) is 35.0 Å². The first-order valence-corrected chi connectivity index (χ1v) is 13.1. The third-order valence-electron chi connectivity index (χ3n) is 5.39. The van der Waals surface area contributed by atoms with Gasteiger partial charge in [-0.05, 0) is 36.4 Å². The number of carbonyl (C=O) groups is 3. The zero-order valence-corrected chi connectivity index (χ0v) is 24.8. The second-order valence-corrected chi connectivity index (χ2v) is 9.76. The summed E-state index contributed by atoms with van der Waals surface area (Å²) in [6, 6.07) is 5.78. The van der Waals surface area contributed by atoms with Crippen LogP contribution >= 0.6 is 34.8 Å². The number of rotatable bonds is 9. The number of anilines is 1. The van der Waals surface area contributed by atoms with Gasteiger partial charge in [0.2, 0.25) is 0 Å². The van der Waals surface area contributed by atoms with E-state index in [1.54, 1.807) is 0 Å². The second kappa shape index (κ2) is 14.9. The first kappa shape index (κ1) is 34.1. The minimum absolute atomic E-state index is 0.00519. The van der Waals surface area contributed by atoms with Crippen molar-refractivity contribution in [1.29, 1.82) is 0 Å². The summed E-state index contributed by atoms with van der Waals surface area (Å²) in [5.41, 5.74) is 5.06. The Morgan fingerprint density at radius 1 is 1.14 bits per heavy atom. The monoisotopic (exact) mass is 678 g/mol. The molecular formula is C25H21Cl3F4N8O4. The van der Waals surface area contributed by atoms with Crippen LogP contribution in [0.4, 0.5) is 33.9 Å². The molecule has 4 N–H and O–H groups in total. The van der Waals surface area contributed by atoms with E-state index in [1.807, 2.05) is 0 Å². The Kier molecular flexibility index (Phi) is 11.5. The predicted molar refractivity (Wildman–Crippen MR) is 153 cm³/mol. The topological polar surface area (TPSA) is 157 Å². The van der Waals surface area contributed by atoms with Crippen molar-refractivity contribution in [3.8, 4) is 0 Å². The fourth-order valence-corrected chi connectivity index (χ4v) is 4.13. The summed E-state index contributed by atoms with van der Waals surface area (Å²) < 4.78 is 58.2. The molecule has 0 saturated carbocycles. The Bertz CT molecular complexity index is 1630. The number of ether oxygens (including phenoxy) is 1. The highest BCUT2D eigenvalue weighted by Gasteiger charge is 2.24. The molecule has 0 spiro atoms. The SMILES string of the molecule is COC(=O)N(C)NC(=O)c1cc(Cl)cc(Cl)c1NC(=O)C(C=C(N)Cn1nc(C(F)F)cc1C(F)F)=Nc1ncccc1Cl. The number of hydrazine groups is 1. The highest BCUT2D eigenvalue weighted by molar-refractivity contribution is 6.49. The van der Waals surface area contributed by atoms with Crippen LogP contribution < -0.4 is 16.5 Å². The van der Waals surface area contributed by atoms with Gasteiger partial charge in [0, 0.05) is 24.0 Å². The van der Waals surface area contributed by atoms with Crippen LogP contribution in [0.5, 0.6) is 0 Å². The van der Waals surface area contributed by atoms with E-state index in [0.29, 0.717) is 15.8 Å². The molecule has 0 aliphatic carbocycles. The van der Waals surface area contributed by atoms with E-state index < -0.39 is 54.4 Å². The molecule has 2 heterocycles. The van der Waals surface area contributed by atoms with Crippen molar-refractivity contribution in [1.82, 2.24) is 25.2 Å². The van der Waals surface area contributed by atoms with Crippen LogP contribution in [0.3, 0.4) is 0 Å². The molecular weight excluding hydrogens is 659 g/mol. The number of halogens is 7. The van der Waals surface area contributed by atoms with Gasteiger partial charge < -0.3 is 15.8 Å². The van der Waals surface area contributed by atoms with Crippen molar-refractivity contribution in [3.63, 3.8) is 0 Å². The lowest BCUT2D eigenvalue weighted by atomic mass is 10.1. The number of nitrogens with one attached hydrogen (secondary N) is 2. The van der Waals surface area contributed by atoms with Crippen LogP contribution in [-0.2, 0) is 16.1 Å². The van der Waals surface area contributed by atoms with Crippen LogP contribution in [-0.4, -0.2) is 57.6 Å². The molecule has 2 aromatic heterocycles. The van der Waals surface area contributed by atoms with Crippen molar-refractivity contribution in [2.45, 2.75) is 19.4 Å². The number of methoxy groups -OCH3 is 1. The Morgan fingerprint density at radius 3 is 2.45 bits per heavy atom. The largest absolute Gasteiger partial charge is 0.452 e. The summed E-state index contributed by atoms with van der Waals surface area (Å²) in [5, 5.41) is 6.36. The molecule has 19 heteroatoms. The molecule has 44 heavy (non-hydrogen) atoms. The number of alkyl halides is 4. The maximum atomic E-state index is 13.5. The Hall–Kier alpha value is -4.41. The molecule has 3 rings (SSSR count). The van der Waals surface area contributed by atoms with Crippen molar-refractivity contribution in [2.75, 3.05) is 19.5 Å². The molecule has 0 radical (unpaired) electrons. The number of aromatic nitrogens is 3. The molecule has 12 nitrogen and oxygen atoms in total. The van der Waals surface area contributed by atoms with Crippen LogP contribution in [0.15, 0.2) is 53.3 Å². The van der Waals surface area contributed by atoms with Gasteiger partial charge in [-0.15, -0.1) is 0 Å². The summed E-state index contributed by atoms with van der Waals surface area (Å²) in [4.78, 5) is 46.3. The van der Waals surface area contributed by atoms with Gasteiger partial charge in [0.25, 0.3) is 24.7 Å². The molecule has 0 saturated heterocycles. The highest BCUT2D eigenvalue weighted by atomic mass is 35.5. The number of pyridine rings is 1. The third-order valence-corrected chi connectivity index (χ3v) is 6.20. The lowest BCUT2D eigenvalue weighted by Gasteiger charge is -2.19. The van der Waals surface area contributed by atoms with E-state index in [-0.39, 0.29) is 37.8 Å². The minimum Gasteiger partial charge on any atom is -0.452 e. The van der Waals surface area contributed by atoms with E-state index in [4.69, 9.17) is 40.5 Å². The highest BCUT2D eigenvalue weighted by Crippen LogP contribution is 2.31. The lowest BCUT2D eigenvalue weighted by molar-refractivity contribution is -0.110. The Balaban J connectivity index is 2.04. The van der Waals surface area contributed by atoms with E-state index in [1.165, 1.54) is 31.4 Å². The second-order valence-electron chi connectivity index (χ2n) is 8.51. The maximum Gasteiger partial charge on any atom is 0.428 e. The summed E-state index contributed by atoms with van der Waals surface area (Å²) in [6.07, 6.45) is -4.97. The molecule has 0 aliphatic heterocycles. The van der Waals surface area contributed by atoms with Crippen molar-refractivity contribution in [2.24, 2.45) is 10.7 Å². The number of nitrogens with zero attached hydrogens (tertiary/aromatic N) is 5. The fraction of sp³-hybridized carbons (Fsp3) is 0.200. The molecule has 0 aliphatic rings. The van der Waals surface area contributed by atoms with Crippen LogP contribution in [0.2, 0.25) is 15.1 Å². The molecule has 0 fully saturated rings. The van der Waals surface area contributed by atoms with Crippen LogP contribution in [0.1, 0.15) is 34.6 Å². The van der Waals surface area contributed by atoms with Gasteiger partial charge >= 0.3 is 6.09 Å². The van der Waals surface area contributed by atoms with Gasteiger partial charge in [-0.3, -0.25) is 19.7 Å². The normalized spacial score (nSPS) is 12.0. The molecule has 0 unspecified atom stereocenters. The van der Waals surface area contributed by atoms with Gasteiger partial charge in [-0.25, -0.2) is 37.3 Å². The third kappa shape index (κ3) is 8.58. The maximum absolute atomic E-state index is 13.5. The summed E-state index contributed by atoms with van der Waals surface area (Å²) >= 11 is 18.5. The first-order valence-electron chi connectivity index (χ1n) is 11.9. The van der Waals surface area contributed by atoms with E-state index >= 15 is 0 Å². The molecule has 234 valence electrons. The summed E-state index contributed by atoms with van der Waals surface area (Å²) in [5.74, 6) is -2.15. The van der Waals surface area contributed by atoms with Crippen molar-refractivity contribution < 1.29 is 36.7 Å². The lowest BCUT2D eigenvalue weighted by Crippen LogP contribution is -2.43. The van der Waals surface area contributed by atoms with Gasteiger partial charge in [0.15, 0.2) is 5.82 Å². The van der Waals surface area contributed by atoms with E-state index in [9.17, 15) is 31.9 Å². The predicted octanol–water partition coefficient (Wildman–Crippen LogP) is 5.71. The van der Waals surface area contributed by atoms with Gasteiger partial charge in [-0.1, -0.05) is 34.8 Å². The Morgan fingerprint density at radius 2 is 1.84 bits per heavy atom. The standard InChI is InChI=1S/C25H21Cl3F4N8O4/c1-39(25(43)44-2)38-23(41)13-6-11(26)7-15(28)19(13)36-24(42)17(35-22-14(27)4-3-5-34-22)8-12(33)10-40-18(21(31)32)9-16(37-40)20(29)30/h3-9,20-21H,10,33H2,1-2H3,(H,36,42)(H,38,41). The first-order chi connectivity index (χ1) is 20.7. The van der Waals surface area contributed by atoms with Crippen LogP contribution in [0, 0.1) is 0 Å². The van der Waals surface area contributed by atoms with Gasteiger partial charge in [0.1, 0.15) is 17.1 Å². The average Bonchev–Trinajstić information content (AvgIpc) is 3.38. The van der Waals surface area contributed by atoms with Crippen molar-refractivity contribution >= 4 is 69.9 Å². The molecule has 3 amide bonds. The quantitative estimate of drug-likeness (QED) is 0.149. The summed E-state index contributed by atoms with van der Waals surface area (Å²) in [6.45, 7) is -0.649. The minimum atomic E-state index is -3.17. The Labute approximate surface area is 261 Å². The number of benzene rings is 1. The van der Waals surface area contributed by atoms with E-state index in [0.717, 1.165) is 19.3 Å². The zero-order chi connectivity index (χ0) is 32.7. The fourth-order valence-electron chi connectivity index (χ4n) is 3.43. The molecule has 0 atom stereocenters. The smallest absolute Gasteiger partial charge is 0.428 e. The van der Waals surface area contributed by atoms with E-state index in [2.05, 4.69) is 30.6 Å². The molecule has 3 aromatic rings. The number of amides is 3. The van der Waals surface area contributed by atoms with Crippen LogP contribution in [0.25, 0.3) is 0 Å². The number of allylic oxidation sites excluding steroid dienone is 1. The number of hydrogen-bond donors (Lipinski definition) is 3. The zero-order valence-electron chi connectivity index (χ0n) is 22.5. The number of nitrogens with two attached hydrogens (primary N) is 1. The number of carbonyl (C=O) groups excluding carboxylic acids is 3. The number of aliphatic imine (C=N–C) groups is 1. The van der Waals surface area contributed by atoms with Crippen molar-refractivity contribution in [3.05, 3.63) is 80.3 Å². The molecule has 0 bridgehead atoms. The molecule has 1 aromatic carbocycles. The summed E-state index contributed by atoms with van der Waals surface area (Å²) in [7, 11) is 2.27. The number of hydrogen-bond acceptors (Lipinski definition) is 8. The average molecular weight is 680 g/mol. The van der Waals surface area contributed by atoms with Gasteiger partial charge in [-0.2, -0.15) is 5.10 Å².